The van der Waals surface area contributed by atoms with Gasteiger partial charge in [-0.15, -0.1) is 0 Å². The molecule has 0 bridgehead atoms. The molecule has 128 valence electrons. The second-order valence-electron chi connectivity index (χ2n) is 4.89. The molecule has 7 heteroatoms. The Kier molecular flexibility index (Phi) is 5.87. The van der Waals surface area contributed by atoms with E-state index in [1.165, 1.54) is 26.4 Å². The van der Waals surface area contributed by atoms with Gasteiger partial charge in [0.15, 0.2) is 6.10 Å². The Hall–Kier alpha value is -2.47. The first-order valence-electron chi connectivity index (χ1n) is 7.09. The molecule has 5 nitrogen and oxygen atoms in total. The molecular weight excluding hydrogens is 337 g/mol. The largest absolute Gasteiger partial charge is 0.497 e. The third kappa shape index (κ3) is 4.29. The zero-order valence-electron chi connectivity index (χ0n) is 13.4. The highest BCUT2D eigenvalue weighted by Crippen LogP contribution is 2.30. The van der Waals surface area contributed by atoms with E-state index >= 15 is 0 Å². The topological polar surface area (TPSA) is 56.8 Å². The molecule has 0 saturated carbocycles. The number of hydrogen-bond acceptors (Lipinski definition) is 4. The lowest BCUT2D eigenvalue weighted by molar-refractivity contribution is -0.122. The van der Waals surface area contributed by atoms with Crippen LogP contribution in [0.25, 0.3) is 0 Å². The maximum absolute atomic E-state index is 13.0. The van der Waals surface area contributed by atoms with E-state index < -0.39 is 17.8 Å². The minimum Gasteiger partial charge on any atom is -0.497 e. The Morgan fingerprint density at radius 2 is 1.83 bits per heavy atom. The lowest BCUT2D eigenvalue weighted by Gasteiger charge is -2.17. The van der Waals surface area contributed by atoms with Gasteiger partial charge < -0.3 is 19.5 Å². The SMILES string of the molecule is COc1ccc(OC)c(NC(=O)C(C)Oc2ccc(F)cc2Cl)c1. The minimum absolute atomic E-state index is 0.0913. The van der Waals surface area contributed by atoms with Crippen LogP contribution in [-0.2, 0) is 4.79 Å². The van der Waals surface area contributed by atoms with Gasteiger partial charge in [-0.05, 0) is 37.3 Å². The number of halogens is 2. The Balaban J connectivity index is 2.11. The van der Waals surface area contributed by atoms with Crippen molar-refractivity contribution in [2.24, 2.45) is 0 Å². The van der Waals surface area contributed by atoms with E-state index in [4.69, 9.17) is 25.8 Å². The van der Waals surface area contributed by atoms with Crippen LogP contribution in [0.1, 0.15) is 6.92 Å². The molecule has 0 aromatic heterocycles. The monoisotopic (exact) mass is 353 g/mol. The van der Waals surface area contributed by atoms with Crippen molar-refractivity contribution >= 4 is 23.2 Å². The molecule has 0 aliphatic carbocycles. The van der Waals surface area contributed by atoms with Crippen LogP contribution in [-0.4, -0.2) is 26.2 Å². The summed E-state index contributed by atoms with van der Waals surface area (Å²) in [5, 5.41) is 2.79. The fourth-order valence-corrected chi connectivity index (χ4v) is 2.17. The fraction of sp³-hybridized carbons (Fsp3) is 0.235. The predicted octanol–water partition coefficient (Wildman–Crippen LogP) is 3.90. The van der Waals surface area contributed by atoms with E-state index in [0.717, 1.165) is 6.07 Å². The maximum Gasteiger partial charge on any atom is 0.265 e. The van der Waals surface area contributed by atoms with E-state index in [1.807, 2.05) is 0 Å². The predicted molar refractivity (Wildman–Crippen MR) is 89.7 cm³/mol. The van der Waals surface area contributed by atoms with E-state index in [-0.39, 0.29) is 10.8 Å². The highest BCUT2D eigenvalue weighted by molar-refractivity contribution is 6.32. The number of carbonyl (C=O) groups excluding carboxylic acids is 1. The summed E-state index contributed by atoms with van der Waals surface area (Å²) in [6.07, 6.45) is -0.858. The number of hydrogen-bond donors (Lipinski definition) is 1. The third-order valence-electron chi connectivity index (χ3n) is 3.23. The zero-order chi connectivity index (χ0) is 17.7. The molecule has 0 saturated heterocycles. The molecule has 1 N–H and O–H groups in total. The maximum atomic E-state index is 13.0. The zero-order valence-corrected chi connectivity index (χ0v) is 14.2. The van der Waals surface area contributed by atoms with Crippen LogP contribution in [0.4, 0.5) is 10.1 Å². The average Bonchev–Trinajstić information content (AvgIpc) is 2.57. The summed E-state index contributed by atoms with van der Waals surface area (Å²) < 4.78 is 28.9. The summed E-state index contributed by atoms with van der Waals surface area (Å²) in [6.45, 7) is 1.56. The van der Waals surface area contributed by atoms with Crippen molar-refractivity contribution < 1.29 is 23.4 Å². The molecule has 2 aromatic rings. The van der Waals surface area contributed by atoms with Gasteiger partial charge in [-0.3, -0.25) is 4.79 Å². The van der Waals surface area contributed by atoms with Crippen molar-refractivity contribution in [3.05, 3.63) is 47.2 Å². The fourth-order valence-electron chi connectivity index (χ4n) is 1.96. The Morgan fingerprint density at radius 3 is 2.46 bits per heavy atom. The molecule has 0 radical (unpaired) electrons. The lowest BCUT2D eigenvalue weighted by atomic mass is 10.2. The number of anilines is 1. The van der Waals surface area contributed by atoms with Gasteiger partial charge in [-0.2, -0.15) is 0 Å². The molecule has 24 heavy (non-hydrogen) atoms. The smallest absolute Gasteiger partial charge is 0.265 e. The van der Waals surface area contributed by atoms with Crippen LogP contribution < -0.4 is 19.5 Å². The van der Waals surface area contributed by atoms with Crippen molar-refractivity contribution in [2.45, 2.75) is 13.0 Å². The highest BCUT2D eigenvalue weighted by Gasteiger charge is 2.18. The van der Waals surface area contributed by atoms with Gasteiger partial charge in [-0.25, -0.2) is 4.39 Å². The van der Waals surface area contributed by atoms with E-state index in [0.29, 0.717) is 17.2 Å². The molecule has 0 spiro atoms. The molecule has 0 heterocycles. The first-order chi connectivity index (χ1) is 11.4. The van der Waals surface area contributed by atoms with Crippen LogP contribution >= 0.6 is 11.6 Å². The quantitative estimate of drug-likeness (QED) is 0.855. The van der Waals surface area contributed by atoms with Crippen molar-refractivity contribution in [2.75, 3.05) is 19.5 Å². The number of methoxy groups -OCH3 is 2. The summed E-state index contributed by atoms with van der Waals surface area (Å²) in [5.74, 6) is 0.378. The average molecular weight is 354 g/mol. The molecule has 0 aliphatic rings. The first kappa shape index (κ1) is 17.9. The van der Waals surface area contributed by atoms with Crippen molar-refractivity contribution in [3.8, 4) is 17.2 Å². The summed E-state index contributed by atoms with van der Waals surface area (Å²) in [7, 11) is 3.02. The molecule has 2 aromatic carbocycles. The highest BCUT2D eigenvalue weighted by atomic mass is 35.5. The standard InChI is InChI=1S/C17H17ClFNO4/c1-10(24-15-6-4-11(19)8-13(15)18)17(21)20-14-9-12(22-2)5-7-16(14)23-3/h4-10H,1-3H3,(H,20,21). The van der Waals surface area contributed by atoms with Gasteiger partial charge in [0.2, 0.25) is 0 Å². The Morgan fingerprint density at radius 1 is 1.12 bits per heavy atom. The summed E-state index contributed by atoms with van der Waals surface area (Å²) in [4.78, 5) is 12.3. The van der Waals surface area contributed by atoms with E-state index in [9.17, 15) is 9.18 Å². The number of nitrogens with one attached hydrogen (secondary N) is 1. The second kappa shape index (κ2) is 7.88. The molecule has 1 unspecified atom stereocenters. The lowest BCUT2D eigenvalue weighted by Crippen LogP contribution is -2.30. The van der Waals surface area contributed by atoms with Crippen LogP contribution in [0, 0.1) is 5.82 Å². The Bertz CT molecular complexity index is 739. The van der Waals surface area contributed by atoms with Gasteiger partial charge in [0.25, 0.3) is 5.91 Å². The van der Waals surface area contributed by atoms with Crippen LogP contribution in [0.2, 0.25) is 5.02 Å². The van der Waals surface area contributed by atoms with E-state index in [1.54, 1.807) is 25.1 Å². The van der Waals surface area contributed by atoms with Gasteiger partial charge in [0.05, 0.1) is 24.9 Å². The van der Waals surface area contributed by atoms with E-state index in [2.05, 4.69) is 5.32 Å². The van der Waals surface area contributed by atoms with Gasteiger partial charge in [-0.1, -0.05) is 11.6 Å². The second-order valence-corrected chi connectivity index (χ2v) is 5.30. The van der Waals surface area contributed by atoms with Gasteiger partial charge in [0.1, 0.15) is 23.1 Å². The van der Waals surface area contributed by atoms with Crippen LogP contribution in [0.3, 0.4) is 0 Å². The summed E-state index contributed by atoms with van der Waals surface area (Å²) in [6, 6.07) is 8.72. The van der Waals surface area contributed by atoms with Gasteiger partial charge >= 0.3 is 0 Å². The Labute approximate surface area is 144 Å². The number of benzene rings is 2. The van der Waals surface area contributed by atoms with Crippen LogP contribution in [0.15, 0.2) is 36.4 Å². The molecule has 0 aliphatic heterocycles. The molecule has 1 amide bonds. The summed E-state index contributed by atoms with van der Waals surface area (Å²) in [5.41, 5.74) is 0.447. The van der Waals surface area contributed by atoms with Crippen molar-refractivity contribution in [1.82, 2.24) is 0 Å². The van der Waals surface area contributed by atoms with Crippen molar-refractivity contribution in [1.29, 1.82) is 0 Å². The third-order valence-corrected chi connectivity index (χ3v) is 3.53. The first-order valence-corrected chi connectivity index (χ1v) is 7.47. The molecule has 1 atom stereocenters. The number of amides is 1. The normalized spacial score (nSPS) is 11.5. The minimum atomic E-state index is -0.858. The number of rotatable bonds is 6. The van der Waals surface area contributed by atoms with Gasteiger partial charge in [0, 0.05) is 6.07 Å². The molecule has 2 rings (SSSR count). The summed E-state index contributed by atoms with van der Waals surface area (Å²) >= 11 is 5.89. The number of carbonyl (C=O) groups is 1. The van der Waals surface area contributed by atoms with Crippen LogP contribution in [0.5, 0.6) is 17.2 Å². The van der Waals surface area contributed by atoms with Crippen molar-refractivity contribution in [3.63, 3.8) is 0 Å². The molecule has 0 fully saturated rings. The number of ether oxygens (including phenoxy) is 3. The molecular formula is C17H17ClFNO4.